The van der Waals surface area contributed by atoms with Crippen molar-refractivity contribution in [2.45, 2.75) is 13.1 Å². The van der Waals surface area contributed by atoms with Crippen LogP contribution in [0.2, 0.25) is 0 Å². The third kappa shape index (κ3) is 3.35. The molecular weight excluding hydrogens is 354 g/mol. The van der Waals surface area contributed by atoms with E-state index in [0.717, 1.165) is 27.7 Å². The van der Waals surface area contributed by atoms with Gasteiger partial charge < -0.3 is 5.32 Å². The van der Waals surface area contributed by atoms with Gasteiger partial charge in [-0.1, -0.05) is 0 Å². The molecule has 0 aromatic carbocycles. The smallest absolute Gasteiger partial charge is 0.0794 e. The molecule has 0 unspecified atom stereocenters. The molecule has 16 heavy (non-hydrogen) atoms. The van der Waals surface area contributed by atoms with Gasteiger partial charge in [0.1, 0.15) is 0 Å². The number of nitrogens with one attached hydrogen (secondary N) is 1. The predicted octanol–water partition coefficient (Wildman–Crippen LogP) is 3.35. The van der Waals surface area contributed by atoms with Gasteiger partial charge in [-0.15, -0.1) is 11.3 Å². The van der Waals surface area contributed by atoms with Gasteiger partial charge in [-0.25, -0.2) is 0 Å². The highest BCUT2D eigenvalue weighted by molar-refractivity contribution is 9.11. The van der Waals surface area contributed by atoms with Gasteiger partial charge in [0.25, 0.3) is 0 Å². The van der Waals surface area contributed by atoms with Crippen LogP contribution in [0.1, 0.15) is 10.6 Å². The maximum absolute atomic E-state index is 4.33. The number of hydrogen-bond donors (Lipinski definition) is 1. The highest BCUT2D eigenvalue weighted by atomic mass is 79.9. The first-order valence-corrected chi connectivity index (χ1v) is 7.10. The Hall–Kier alpha value is -0.300. The molecule has 84 valence electrons. The molecule has 1 N–H and O–H groups in total. The fourth-order valence-electron chi connectivity index (χ4n) is 1.21. The lowest BCUT2D eigenvalue weighted by Crippen LogP contribution is -2.13. The quantitative estimate of drug-likeness (QED) is 0.906. The van der Waals surface area contributed by atoms with Crippen LogP contribution in [0, 0.1) is 0 Å². The average Bonchev–Trinajstić information content (AvgIpc) is 2.74. The largest absolute Gasteiger partial charge is 0.306 e. The van der Waals surface area contributed by atoms with E-state index >= 15 is 0 Å². The predicted molar refractivity (Wildman–Crippen MR) is 72.3 cm³/mol. The summed E-state index contributed by atoms with van der Waals surface area (Å²) in [7, 11) is 0. The normalized spacial score (nSPS) is 10.6. The van der Waals surface area contributed by atoms with Gasteiger partial charge in [0.05, 0.1) is 11.2 Å². The first kappa shape index (κ1) is 12.2. The molecule has 2 aromatic rings. The van der Waals surface area contributed by atoms with Crippen LogP contribution in [0.4, 0.5) is 0 Å². The van der Waals surface area contributed by atoms with Gasteiger partial charge in [-0.2, -0.15) is 0 Å². The van der Waals surface area contributed by atoms with E-state index in [2.05, 4.69) is 47.1 Å². The Labute approximate surface area is 115 Å². The molecular formula is C10H9Br2N3S. The highest BCUT2D eigenvalue weighted by Gasteiger charge is 2.02. The van der Waals surface area contributed by atoms with Crippen molar-refractivity contribution >= 4 is 43.2 Å². The van der Waals surface area contributed by atoms with Crippen LogP contribution in [0.5, 0.6) is 0 Å². The molecule has 0 aliphatic rings. The van der Waals surface area contributed by atoms with Crippen LogP contribution in [0.15, 0.2) is 32.9 Å². The molecule has 0 bridgehead atoms. The van der Waals surface area contributed by atoms with Crippen LogP contribution in [0.25, 0.3) is 0 Å². The summed E-state index contributed by atoms with van der Waals surface area (Å²) in [5, 5.41) is 3.33. The lowest BCUT2D eigenvalue weighted by Gasteiger charge is -2.05. The minimum atomic E-state index is 0.742. The Kier molecular flexibility index (Phi) is 4.45. The van der Waals surface area contributed by atoms with Crippen molar-refractivity contribution in [2.75, 3.05) is 0 Å². The summed E-state index contributed by atoms with van der Waals surface area (Å²) >= 11 is 8.51. The molecule has 0 amide bonds. The number of hydrogen-bond acceptors (Lipinski definition) is 4. The van der Waals surface area contributed by atoms with Gasteiger partial charge in [0, 0.05) is 39.3 Å². The molecule has 2 heterocycles. The highest BCUT2D eigenvalue weighted by Crippen LogP contribution is 2.19. The molecule has 2 aromatic heterocycles. The van der Waals surface area contributed by atoms with Crippen LogP contribution in [0.3, 0.4) is 0 Å². The molecule has 0 saturated carbocycles. The van der Waals surface area contributed by atoms with Crippen LogP contribution in [-0.4, -0.2) is 9.97 Å². The zero-order valence-electron chi connectivity index (χ0n) is 8.28. The third-order valence-electron chi connectivity index (χ3n) is 1.96. The Morgan fingerprint density at radius 2 is 2.12 bits per heavy atom. The first-order valence-electron chi connectivity index (χ1n) is 4.63. The Morgan fingerprint density at radius 1 is 1.25 bits per heavy atom. The molecule has 3 nitrogen and oxygen atoms in total. The second kappa shape index (κ2) is 5.86. The minimum absolute atomic E-state index is 0.742. The summed E-state index contributed by atoms with van der Waals surface area (Å²) in [5.74, 6) is 0. The summed E-state index contributed by atoms with van der Waals surface area (Å²) in [6.07, 6.45) is 3.68. The van der Waals surface area contributed by atoms with Crippen LogP contribution >= 0.6 is 43.2 Å². The van der Waals surface area contributed by atoms with E-state index < -0.39 is 0 Å². The van der Waals surface area contributed by atoms with Crippen molar-refractivity contribution in [2.24, 2.45) is 0 Å². The average molecular weight is 363 g/mol. The molecule has 0 atom stereocenters. The van der Waals surface area contributed by atoms with Crippen molar-refractivity contribution in [1.29, 1.82) is 0 Å². The number of aromatic nitrogens is 2. The maximum atomic E-state index is 4.33. The van der Waals surface area contributed by atoms with Crippen molar-refractivity contribution in [3.8, 4) is 0 Å². The van der Waals surface area contributed by atoms with Crippen LogP contribution < -0.4 is 5.32 Å². The fourth-order valence-corrected chi connectivity index (χ4v) is 2.90. The van der Waals surface area contributed by atoms with Crippen molar-refractivity contribution in [1.82, 2.24) is 15.3 Å². The number of pyridine rings is 1. The molecule has 2 rings (SSSR count). The van der Waals surface area contributed by atoms with E-state index in [9.17, 15) is 0 Å². The number of thiazole rings is 1. The SMILES string of the molecule is Brc1cnc(CNCc2cncs2)c(Br)c1. The summed E-state index contributed by atoms with van der Waals surface area (Å²) in [4.78, 5) is 9.58. The monoisotopic (exact) mass is 361 g/mol. The van der Waals surface area contributed by atoms with E-state index in [-0.39, 0.29) is 0 Å². The van der Waals surface area contributed by atoms with E-state index in [0.29, 0.717) is 0 Å². The standard InChI is InChI=1S/C10H9Br2N3S/c11-7-1-9(12)10(15-2-7)5-13-3-8-4-14-6-16-8/h1-2,4,6,13H,3,5H2. The van der Waals surface area contributed by atoms with E-state index in [1.54, 1.807) is 17.5 Å². The summed E-state index contributed by atoms with van der Waals surface area (Å²) in [5.41, 5.74) is 2.85. The van der Waals surface area contributed by atoms with Gasteiger partial charge in [0.15, 0.2) is 0 Å². The van der Waals surface area contributed by atoms with Crippen LogP contribution in [-0.2, 0) is 13.1 Å². The van der Waals surface area contributed by atoms with E-state index in [4.69, 9.17) is 0 Å². The number of nitrogens with zero attached hydrogens (tertiary/aromatic N) is 2. The Morgan fingerprint density at radius 3 is 2.81 bits per heavy atom. The zero-order chi connectivity index (χ0) is 11.4. The summed E-state index contributed by atoms with van der Waals surface area (Å²) < 4.78 is 1.99. The fraction of sp³-hybridized carbons (Fsp3) is 0.200. The van der Waals surface area contributed by atoms with Crippen molar-refractivity contribution in [3.63, 3.8) is 0 Å². The lowest BCUT2D eigenvalue weighted by molar-refractivity contribution is 0.683. The summed E-state index contributed by atoms with van der Waals surface area (Å²) in [6.45, 7) is 1.57. The van der Waals surface area contributed by atoms with Gasteiger partial charge in [-0.05, 0) is 37.9 Å². The minimum Gasteiger partial charge on any atom is -0.306 e. The topological polar surface area (TPSA) is 37.8 Å². The van der Waals surface area contributed by atoms with Gasteiger partial charge >= 0.3 is 0 Å². The second-order valence-electron chi connectivity index (χ2n) is 3.15. The number of rotatable bonds is 4. The molecule has 0 aliphatic heterocycles. The van der Waals surface area contributed by atoms with Crippen molar-refractivity contribution < 1.29 is 0 Å². The third-order valence-corrected chi connectivity index (χ3v) is 3.86. The molecule has 6 heteroatoms. The van der Waals surface area contributed by atoms with Gasteiger partial charge in [-0.3, -0.25) is 9.97 Å². The van der Waals surface area contributed by atoms with E-state index in [1.165, 1.54) is 4.88 Å². The Balaban J connectivity index is 1.90. The zero-order valence-corrected chi connectivity index (χ0v) is 12.3. The van der Waals surface area contributed by atoms with Gasteiger partial charge in [0.2, 0.25) is 0 Å². The van der Waals surface area contributed by atoms with Crippen molar-refractivity contribution in [3.05, 3.63) is 43.5 Å². The second-order valence-corrected chi connectivity index (χ2v) is 5.89. The molecule has 0 aliphatic carbocycles. The summed E-state index contributed by atoms with van der Waals surface area (Å²) in [6, 6.07) is 2.00. The Bertz CT molecular complexity index is 459. The van der Waals surface area contributed by atoms with E-state index in [1.807, 2.05) is 17.8 Å². The molecule has 0 radical (unpaired) electrons. The molecule has 0 spiro atoms. The lowest BCUT2D eigenvalue weighted by atomic mass is 10.3. The molecule has 0 fully saturated rings. The molecule has 0 saturated heterocycles. The maximum Gasteiger partial charge on any atom is 0.0794 e. The first-order chi connectivity index (χ1) is 7.75. The number of halogens is 2.